The van der Waals surface area contributed by atoms with Gasteiger partial charge in [-0.2, -0.15) is 4.98 Å². The molecule has 186 valence electrons. The SMILES string of the molecule is C=Cc1c(-c2noc(-c3ccc(OC(C)C)c(N)c3)n2)cccc1N(N)CC(C)(C)C(=O)OCC. The number of carbonyl (C=O) groups excluding carboxylic acids is 1. The minimum absolute atomic E-state index is 0.00716. The molecule has 0 bridgehead atoms. The van der Waals surface area contributed by atoms with Crippen molar-refractivity contribution >= 4 is 23.4 Å². The smallest absolute Gasteiger partial charge is 0.313 e. The van der Waals surface area contributed by atoms with Crippen molar-refractivity contribution in [2.45, 2.75) is 40.7 Å². The minimum atomic E-state index is -0.816. The number of hydrogen-bond acceptors (Lipinski definition) is 9. The summed E-state index contributed by atoms with van der Waals surface area (Å²) in [6.07, 6.45) is 1.68. The zero-order chi connectivity index (χ0) is 25.8. The van der Waals surface area contributed by atoms with Gasteiger partial charge in [-0.3, -0.25) is 4.79 Å². The molecule has 0 saturated carbocycles. The number of benzene rings is 2. The molecule has 0 saturated heterocycles. The lowest BCUT2D eigenvalue weighted by atomic mass is 9.92. The summed E-state index contributed by atoms with van der Waals surface area (Å²) in [6.45, 7) is 13.7. The number of hydrazine groups is 1. The molecule has 0 amide bonds. The summed E-state index contributed by atoms with van der Waals surface area (Å²) in [5, 5.41) is 5.67. The molecule has 0 aliphatic heterocycles. The van der Waals surface area contributed by atoms with Crippen molar-refractivity contribution in [2.24, 2.45) is 11.3 Å². The highest BCUT2D eigenvalue weighted by molar-refractivity contribution is 5.82. The van der Waals surface area contributed by atoms with Crippen molar-refractivity contribution in [1.29, 1.82) is 0 Å². The first kappa shape index (κ1) is 25.8. The molecule has 9 heteroatoms. The second-order valence-corrected chi connectivity index (χ2v) is 9.02. The van der Waals surface area contributed by atoms with Crippen molar-refractivity contribution in [3.05, 3.63) is 48.5 Å². The number of carbonyl (C=O) groups is 1. The summed E-state index contributed by atoms with van der Waals surface area (Å²) in [4.78, 5) is 16.9. The van der Waals surface area contributed by atoms with Gasteiger partial charge in [0, 0.05) is 23.2 Å². The van der Waals surface area contributed by atoms with Crippen LogP contribution in [0, 0.1) is 5.41 Å². The van der Waals surface area contributed by atoms with Gasteiger partial charge in [0.25, 0.3) is 5.89 Å². The summed E-state index contributed by atoms with van der Waals surface area (Å²) < 4.78 is 16.4. The Morgan fingerprint density at radius 3 is 2.66 bits per heavy atom. The molecule has 0 radical (unpaired) electrons. The van der Waals surface area contributed by atoms with Crippen LogP contribution in [0.25, 0.3) is 28.9 Å². The van der Waals surface area contributed by atoms with Crippen molar-refractivity contribution in [1.82, 2.24) is 10.1 Å². The molecule has 2 aromatic carbocycles. The lowest BCUT2D eigenvalue weighted by molar-refractivity contribution is -0.152. The minimum Gasteiger partial charge on any atom is -0.489 e. The predicted octanol–water partition coefficient (Wildman–Crippen LogP) is 4.69. The molecule has 1 aromatic heterocycles. The van der Waals surface area contributed by atoms with E-state index < -0.39 is 5.41 Å². The second kappa shape index (κ2) is 10.6. The van der Waals surface area contributed by atoms with Crippen molar-refractivity contribution in [3.8, 4) is 28.6 Å². The van der Waals surface area contributed by atoms with Gasteiger partial charge in [-0.1, -0.05) is 29.9 Å². The van der Waals surface area contributed by atoms with E-state index in [0.717, 1.165) is 0 Å². The summed E-state index contributed by atoms with van der Waals surface area (Å²) in [5.74, 6) is 7.35. The average molecular weight is 480 g/mol. The Morgan fingerprint density at radius 1 is 1.29 bits per heavy atom. The highest BCUT2D eigenvalue weighted by Gasteiger charge is 2.32. The van der Waals surface area contributed by atoms with E-state index in [0.29, 0.717) is 52.1 Å². The van der Waals surface area contributed by atoms with Crippen molar-refractivity contribution < 1.29 is 18.8 Å². The third-order valence-electron chi connectivity index (χ3n) is 5.28. The van der Waals surface area contributed by atoms with Crippen molar-refractivity contribution in [3.63, 3.8) is 0 Å². The van der Waals surface area contributed by atoms with Gasteiger partial charge in [0.2, 0.25) is 5.82 Å². The summed E-state index contributed by atoms with van der Waals surface area (Å²) in [7, 11) is 0. The monoisotopic (exact) mass is 479 g/mol. The maximum absolute atomic E-state index is 12.3. The van der Waals surface area contributed by atoms with E-state index >= 15 is 0 Å². The molecule has 0 unspecified atom stereocenters. The lowest BCUT2D eigenvalue weighted by Gasteiger charge is -2.30. The molecule has 0 aliphatic carbocycles. The fourth-order valence-electron chi connectivity index (χ4n) is 3.61. The van der Waals surface area contributed by atoms with Crippen LogP contribution in [-0.4, -0.2) is 35.4 Å². The van der Waals surface area contributed by atoms with E-state index in [1.807, 2.05) is 38.1 Å². The first-order valence-corrected chi connectivity index (χ1v) is 11.4. The van der Waals surface area contributed by atoms with Gasteiger partial charge in [0.15, 0.2) is 0 Å². The van der Waals surface area contributed by atoms with Crippen LogP contribution >= 0.6 is 0 Å². The second-order valence-electron chi connectivity index (χ2n) is 9.02. The van der Waals surface area contributed by atoms with Gasteiger partial charge in [0.05, 0.1) is 29.5 Å². The average Bonchev–Trinajstić information content (AvgIpc) is 3.29. The van der Waals surface area contributed by atoms with Crippen LogP contribution in [0.3, 0.4) is 0 Å². The van der Waals surface area contributed by atoms with Crippen LogP contribution in [0.15, 0.2) is 47.5 Å². The fraction of sp³-hybridized carbons (Fsp3) is 0.346. The number of nitrogens with two attached hydrogens (primary N) is 2. The quantitative estimate of drug-likeness (QED) is 0.184. The van der Waals surface area contributed by atoms with E-state index in [1.54, 1.807) is 39.0 Å². The van der Waals surface area contributed by atoms with Gasteiger partial charge >= 0.3 is 5.97 Å². The first-order chi connectivity index (χ1) is 16.6. The number of anilines is 2. The number of ether oxygens (including phenoxy) is 2. The Bertz CT molecular complexity index is 1200. The Hall–Kier alpha value is -3.85. The molecule has 0 fully saturated rings. The van der Waals surface area contributed by atoms with Crippen LogP contribution in [0.4, 0.5) is 11.4 Å². The first-order valence-electron chi connectivity index (χ1n) is 11.4. The molecular weight excluding hydrogens is 446 g/mol. The van der Waals surface area contributed by atoms with Crippen LogP contribution in [-0.2, 0) is 9.53 Å². The van der Waals surface area contributed by atoms with Gasteiger partial charge in [0.1, 0.15) is 5.75 Å². The molecule has 1 heterocycles. The van der Waals surface area contributed by atoms with Gasteiger partial charge < -0.3 is 24.7 Å². The number of nitrogen functional groups attached to an aromatic ring is 1. The lowest BCUT2D eigenvalue weighted by Crippen LogP contribution is -2.44. The third kappa shape index (κ3) is 5.81. The zero-order valence-corrected chi connectivity index (χ0v) is 20.9. The maximum Gasteiger partial charge on any atom is 0.313 e. The third-order valence-corrected chi connectivity index (χ3v) is 5.28. The number of aromatic nitrogens is 2. The largest absolute Gasteiger partial charge is 0.489 e. The highest BCUT2D eigenvalue weighted by Crippen LogP contribution is 2.34. The van der Waals surface area contributed by atoms with E-state index in [4.69, 9.17) is 25.6 Å². The summed E-state index contributed by atoms with van der Waals surface area (Å²) >= 11 is 0. The highest BCUT2D eigenvalue weighted by atomic mass is 16.5. The molecule has 0 aliphatic rings. The van der Waals surface area contributed by atoms with Gasteiger partial charge in [-0.05, 0) is 58.9 Å². The maximum atomic E-state index is 12.3. The molecule has 9 nitrogen and oxygen atoms in total. The predicted molar refractivity (Wildman–Crippen MR) is 137 cm³/mol. The van der Waals surface area contributed by atoms with Crippen LogP contribution < -0.4 is 21.3 Å². The normalized spacial score (nSPS) is 11.4. The Morgan fingerprint density at radius 2 is 2.03 bits per heavy atom. The number of hydrogen-bond donors (Lipinski definition) is 2. The van der Waals surface area contributed by atoms with E-state index in [-0.39, 0.29) is 18.6 Å². The number of rotatable bonds is 10. The molecule has 3 rings (SSSR count). The Kier molecular flexibility index (Phi) is 7.81. The summed E-state index contributed by atoms with van der Waals surface area (Å²) in [6, 6.07) is 10.9. The van der Waals surface area contributed by atoms with Gasteiger partial charge in [-0.25, -0.2) is 5.84 Å². The van der Waals surface area contributed by atoms with Crippen LogP contribution in [0.5, 0.6) is 5.75 Å². The van der Waals surface area contributed by atoms with E-state index in [9.17, 15) is 4.79 Å². The molecule has 0 spiro atoms. The molecular formula is C26H33N5O4. The van der Waals surface area contributed by atoms with Crippen LogP contribution in [0.1, 0.15) is 40.2 Å². The summed E-state index contributed by atoms with van der Waals surface area (Å²) in [5.41, 5.74) is 8.53. The molecule has 3 aromatic rings. The fourth-order valence-corrected chi connectivity index (χ4v) is 3.61. The van der Waals surface area contributed by atoms with Gasteiger partial charge in [-0.15, -0.1) is 0 Å². The van der Waals surface area contributed by atoms with Crippen LogP contribution in [0.2, 0.25) is 0 Å². The molecule has 4 N–H and O–H groups in total. The Labute approximate surface area is 205 Å². The topological polar surface area (TPSA) is 130 Å². The van der Waals surface area contributed by atoms with Crippen molar-refractivity contribution in [2.75, 3.05) is 23.9 Å². The van der Waals surface area contributed by atoms with E-state index in [2.05, 4.69) is 16.7 Å². The standard InChI is InChI=1S/C26H33N5O4/c1-7-18-19(10-9-11-21(18)31(28)15-26(5,6)25(32)33-8-2)23-29-24(35-30-23)17-12-13-22(20(27)14-17)34-16(3)4/h7,9-14,16H,1,8,15,27-28H2,2-6H3. The molecule has 35 heavy (non-hydrogen) atoms. The molecule has 0 atom stereocenters. The number of esters is 1. The Balaban J connectivity index is 1.91. The number of nitrogens with zero attached hydrogens (tertiary/aromatic N) is 3. The van der Waals surface area contributed by atoms with E-state index in [1.165, 1.54) is 5.01 Å². The zero-order valence-electron chi connectivity index (χ0n) is 20.9.